The zero-order valence-corrected chi connectivity index (χ0v) is 17.3. The Morgan fingerprint density at radius 2 is 1.96 bits per heavy atom. The highest BCUT2D eigenvalue weighted by atomic mass is 79.9. The number of aromatic nitrogens is 2. The number of hydrogen-bond acceptors (Lipinski definition) is 4. The van der Waals surface area contributed by atoms with E-state index in [-0.39, 0.29) is 0 Å². The van der Waals surface area contributed by atoms with Crippen molar-refractivity contribution in [1.29, 1.82) is 0 Å². The summed E-state index contributed by atoms with van der Waals surface area (Å²) < 4.78 is 13.8. The molecule has 1 aromatic heterocycles. The molecular weight excluding hydrogens is 398 g/mol. The van der Waals surface area contributed by atoms with Crippen LogP contribution < -0.4 is 10.1 Å². The van der Waals surface area contributed by atoms with Crippen molar-refractivity contribution in [2.24, 2.45) is 0 Å². The van der Waals surface area contributed by atoms with Gasteiger partial charge in [0.2, 0.25) is 0 Å². The molecule has 0 unspecified atom stereocenters. The molecule has 0 spiro atoms. The Hall–Kier alpha value is -2.02. The topological polar surface area (TPSA) is 65.4 Å². The van der Waals surface area contributed by atoms with Gasteiger partial charge < -0.3 is 14.8 Å². The van der Waals surface area contributed by atoms with E-state index >= 15 is 0 Å². The lowest BCUT2D eigenvalue weighted by Crippen LogP contribution is -2.33. The molecule has 0 saturated heterocycles. The summed E-state index contributed by atoms with van der Waals surface area (Å²) in [7, 11) is 0. The van der Waals surface area contributed by atoms with Gasteiger partial charge in [0, 0.05) is 13.1 Å². The van der Waals surface area contributed by atoms with E-state index in [1.165, 1.54) is 0 Å². The number of rotatable bonds is 7. The maximum Gasteiger partial charge on any atom is 0.407 e. The number of halogens is 1. The Morgan fingerprint density at radius 3 is 2.62 bits per heavy atom. The van der Waals surface area contributed by atoms with Crippen LogP contribution in [-0.4, -0.2) is 28.0 Å². The average molecular weight is 424 g/mol. The van der Waals surface area contributed by atoms with Gasteiger partial charge in [-0.05, 0) is 55.6 Å². The number of amides is 1. The molecule has 1 amide bonds. The summed E-state index contributed by atoms with van der Waals surface area (Å²) in [6, 6.07) is 10.0. The predicted octanol–water partition coefficient (Wildman–Crippen LogP) is 4.45. The van der Waals surface area contributed by atoms with Gasteiger partial charge in [0.1, 0.15) is 22.5 Å². The highest BCUT2D eigenvalue weighted by Crippen LogP contribution is 2.29. The SMILES string of the molecule is Cc1nn(CCCNC(=O)OC(C)(C)C)c(Br)c1OCc1ccccc1. The minimum absolute atomic E-state index is 0.403. The number of carbonyl (C=O) groups excluding carboxylic acids is 1. The first-order valence-corrected chi connectivity index (χ1v) is 9.42. The molecule has 0 aliphatic carbocycles. The van der Waals surface area contributed by atoms with Crippen molar-refractivity contribution in [2.75, 3.05) is 6.54 Å². The number of hydrogen-bond donors (Lipinski definition) is 1. The van der Waals surface area contributed by atoms with Gasteiger partial charge in [0.05, 0.1) is 0 Å². The normalized spacial score (nSPS) is 11.3. The van der Waals surface area contributed by atoms with Gasteiger partial charge in [-0.1, -0.05) is 30.3 Å². The Morgan fingerprint density at radius 1 is 1.27 bits per heavy atom. The predicted molar refractivity (Wildman–Crippen MR) is 104 cm³/mol. The van der Waals surface area contributed by atoms with Crippen LogP contribution in [0.4, 0.5) is 4.79 Å². The van der Waals surface area contributed by atoms with Gasteiger partial charge in [0.25, 0.3) is 0 Å². The lowest BCUT2D eigenvalue weighted by Gasteiger charge is -2.19. The summed E-state index contributed by atoms with van der Waals surface area (Å²) in [5.41, 5.74) is 1.44. The average Bonchev–Trinajstić information content (AvgIpc) is 2.83. The van der Waals surface area contributed by atoms with E-state index in [0.29, 0.717) is 19.7 Å². The number of ether oxygens (including phenoxy) is 2. The second kappa shape index (κ2) is 9.07. The van der Waals surface area contributed by atoms with Crippen molar-refractivity contribution in [3.05, 3.63) is 46.2 Å². The Balaban J connectivity index is 1.82. The Kier molecular flexibility index (Phi) is 7.08. The highest BCUT2D eigenvalue weighted by molar-refractivity contribution is 9.10. The molecule has 1 heterocycles. The summed E-state index contributed by atoms with van der Waals surface area (Å²) in [5.74, 6) is 0.744. The molecule has 0 aliphatic rings. The quantitative estimate of drug-likeness (QED) is 0.668. The third-order valence-electron chi connectivity index (χ3n) is 3.45. The maximum absolute atomic E-state index is 11.6. The molecule has 0 saturated carbocycles. The van der Waals surface area contributed by atoms with Crippen LogP contribution >= 0.6 is 15.9 Å². The second-order valence-corrected chi connectivity index (χ2v) is 7.74. The van der Waals surface area contributed by atoms with Gasteiger partial charge in [-0.15, -0.1) is 0 Å². The van der Waals surface area contributed by atoms with Gasteiger partial charge >= 0.3 is 6.09 Å². The summed E-state index contributed by atoms with van der Waals surface area (Å²) in [6.45, 7) is 9.10. The Bertz CT molecular complexity index is 724. The molecular formula is C19H26BrN3O3. The summed E-state index contributed by atoms with van der Waals surface area (Å²) >= 11 is 3.56. The number of nitrogens with one attached hydrogen (secondary N) is 1. The number of nitrogens with zero attached hydrogens (tertiary/aromatic N) is 2. The number of carbonyl (C=O) groups is 1. The lowest BCUT2D eigenvalue weighted by atomic mass is 10.2. The minimum atomic E-state index is -0.489. The molecule has 1 aromatic carbocycles. The number of benzene rings is 1. The van der Waals surface area contributed by atoms with Crippen molar-refractivity contribution in [3.63, 3.8) is 0 Å². The first-order valence-electron chi connectivity index (χ1n) is 8.63. The van der Waals surface area contributed by atoms with Gasteiger partial charge in [0.15, 0.2) is 5.75 Å². The third kappa shape index (κ3) is 6.37. The van der Waals surface area contributed by atoms with Gasteiger partial charge in [-0.2, -0.15) is 5.10 Å². The Labute approximate surface area is 163 Å². The van der Waals surface area contributed by atoms with Crippen LogP contribution in [-0.2, 0) is 17.9 Å². The van der Waals surface area contributed by atoms with Crippen molar-refractivity contribution in [1.82, 2.24) is 15.1 Å². The zero-order valence-electron chi connectivity index (χ0n) is 15.7. The van der Waals surface area contributed by atoms with Crippen LogP contribution in [0.1, 0.15) is 38.4 Å². The smallest absolute Gasteiger partial charge is 0.407 e. The molecule has 26 heavy (non-hydrogen) atoms. The molecule has 2 aromatic rings. The molecule has 0 radical (unpaired) electrons. The van der Waals surface area contributed by atoms with Crippen molar-refractivity contribution >= 4 is 22.0 Å². The third-order valence-corrected chi connectivity index (χ3v) is 4.22. The molecule has 2 rings (SSSR count). The van der Waals surface area contributed by atoms with Crippen LogP contribution in [0.15, 0.2) is 34.9 Å². The largest absolute Gasteiger partial charge is 0.484 e. The monoisotopic (exact) mass is 423 g/mol. The van der Waals surface area contributed by atoms with Gasteiger partial charge in [-0.3, -0.25) is 4.68 Å². The maximum atomic E-state index is 11.6. The van der Waals surface area contributed by atoms with Crippen LogP contribution in [0.2, 0.25) is 0 Å². The zero-order chi connectivity index (χ0) is 19.2. The molecule has 0 atom stereocenters. The van der Waals surface area contributed by atoms with Crippen molar-refractivity contribution in [3.8, 4) is 5.75 Å². The van der Waals surface area contributed by atoms with E-state index in [4.69, 9.17) is 9.47 Å². The van der Waals surface area contributed by atoms with E-state index < -0.39 is 11.7 Å². The molecule has 0 bridgehead atoms. The van der Waals surface area contributed by atoms with Crippen LogP contribution in [0.3, 0.4) is 0 Å². The van der Waals surface area contributed by atoms with E-state index in [9.17, 15) is 4.79 Å². The standard InChI is InChI=1S/C19H26BrN3O3/c1-14-16(25-13-15-9-6-5-7-10-15)17(20)23(22-14)12-8-11-21-18(24)26-19(2,3)4/h5-7,9-10H,8,11-13H2,1-4H3,(H,21,24). The fraction of sp³-hybridized carbons (Fsp3) is 0.474. The molecule has 0 aliphatic heterocycles. The van der Waals surface area contributed by atoms with Crippen molar-refractivity contribution in [2.45, 2.75) is 52.9 Å². The number of alkyl carbamates (subject to hydrolysis) is 1. The van der Waals surface area contributed by atoms with E-state index in [0.717, 1.165) is 28.0 Å². The first-order chi connectivity index (χ1) is 12.3. The summed E-state index contributed by atoms with van der Waals surface area (Å²) in [5, 5.41) is 7.25. The summed E-state index contributed by atoms with van der Waals surface area (Å²) in [4.78, 5) is 11.6. The highest BCUT2D eigenvalue weighted by Gasteiger charge is 2.16. The van der Waals surface area contributed by atoms with Gasteiger partial charge in [-0.25, -0.2) is 4.79 Å². The van der Waals surface area contributed by atoms with E-state index in [1.54, 1.807) is 0 Å². The van der Waals surface area contributed by atoms with E-state index in [2.05, 4.69) is 26.3 Å². The summed E-state index contributed by atoms with van der Waals surface area (Å²) in [6.07, 6.45) is 0.331. The molecule has 142 valence electrons. The van der Waals surface area contributed by atoms with Crippen LogP contribution in [0, 0.1) is 6.92 Å². The molecule has 7 heteroatoms. The van der Waals surface area contributed by atoms with E-state index in [1.807, 2.05) is 62.7 Å². The van der Waals surface area contributed by atoms with Crippen LogP contribution in [0.25, 0.3) is 0 Å². The van der Waals surface area contributed by atoms with Crippen LogP contribution in [0.5, 0.6) is 5.75 Å². The minimum Gasteiger partial charge on any atom is -0.484 e. The molecule has 1 N–H and O–H groups in total. The molecule has 0 fully saturated rings. The fourth-order valence-corrected chi connectivity index (χ4v) is 2.97. The lowest BCUT2D eigenvalue weighted by molar-refractivity contribution is 0.0526. The molecule has 6 nitrogen and oxygen atoms in total. The van der Waals surface area contributed by atoms with Crippen molar-refractivity contribution < 1.29 is 14.3 Å². The fourth-order valence-electron chi connectivity index (χ4n) is 2.31. The second-order valence-electron chi connectivity index (χ2n) is 6.98. The number of aryl methyl sites for hydroxylation is 2. The first kappa shape index (κ1) is 20.3.